The van der Waals surface area contributed by atoms with Gasteiger partial charge in [0.1, 0.15) is 12.0 Å². The second kappa shape index (κ2) is 6.81. The zero-order chi connectivity index (χ0) is 16.7. The minimum Gasteiger partial charge on any atom is -0.461 e. The molecule has 2 aliphatic carbocycles. The number of carbonyl (C=O) groups excluding carboxylic acids is 2. The highest BCUT2D eigenvalue weighted by molar-refractivity contribution is 9.09. The molecule has 1 amide bonds. The lowest BCUT2D eigenvalue weighted by molar-refractivity contribution is -0.173. The number of esters is 1. The molecule has 24 heavy (non-hydrogen) atoms. The van der Waals surface area contributed by atoms with Gasteiger partial charge in [-0.2, -0.15) is 0 Å². The number of halogens is 1. The third-order valence-corrected chi connectivity index (χ3v) is 7.07. The van der Waals surface area contributed by atoms with Gasteiger partial charge in [0.15, 0.2) is 0 Å². The predicted molar refractivity (Wildman–Crippen MR) is 94.5 cm³/mol. The highest BCUT2D eigenvalue weighted by Crippen LogP contribution is 2.41. The van der Waals surface area contributed by atoms with E-state index in [0.717, 1.165) is 57.9 Å². The Hall–Kier alpha value is -0.840. The van der Waals surface area contributed by atoms with Crippen LogP contribution >= 0.6 is 15.9 Å². The first-order valence-electron chi connectivity index (χ1n) is 9.50. The Labute approximate surface area is 152 Å². The van der Waals surface area contributed by atoms with E-state index in [1.807, 2.05) is 4.90 Å². The summed E-state index contributed by atoms with van der Waals surface area (Å²) in [5.41, 5.74) is 2.69. The lowest BCUT2D eigenvalue weighted by atomic mass is 9.77. The highest BCUT2D eigenvalue weighted by Gasteiger charge is 2.45. The van der Waals surface area contributed by atoms with Gasteiger partial charge >= 0.3 is 5.97 Å². The number of amides is 1. The van der Waals surface area contributed by atoms with Crippen LogP contribution in [-0.2, 0) is 14.3 Å². The van der Waals surface area contributed by atoms with Crippen LogP contribution in [0.5, 0.6) is 0 Å². The first kappa shape index (κ1) is 16.6. The standard InChI is InChI=1S/C19H26BrNO3/c20-14-7-8-17-13(10-14)11-15(19(23)24-17)18(22)21-9-3-5-12-4-1-2-6-16(12)21/h13-15,17H,1-11H2. The first-order chi connectivity index (χ1) is 11.6. The highest BCUT2D eigenvalue weighted by atomic mass is 79.9. The molecule has 2 aliphatic heterocycles. The van der Waals surface area contributed by atoms with Crippen LogP contribution in [-0.4, -0.2) is 34.3 Å². The van der Waals surface area contributed by atoms with Crippen LogP contribution in [0.15, 0.2) is 11.3 Å². The van der Waals surface area contributed by atoms with E-state index in [9.17, 15) is 9.59 Å². The molecule has 0 aromatic rings. The fourth-order valence-corrected chi connectivity index (χ4v) is 5.72. The van der Waals surface area contributed by atoms with E-state index in [2.05, 4.69) is 15.9 Å². The molecule has 2 fully saturated rings. The van der Waals surface area contributed by atoms with Crippen molar-refractivity contribution in [2.45, 2.75) is 75.1 Å². The summed E-state index contributed by atoms with van der Waals surface area (Å²) in [6.45, 7) is 0.774. The Kier molecular flexibility index (Phi) is 4.72. The molecular weight excluding hydrogens is 370 g/mol. The quantitative estimate of drug-likeness (QED) is 0.383. The summed E-state index contributed by atoms with van der Waals surface area (Å²) >= 11 is 3.70. The number of alkyl halides is 1. The van der Waals surface area contributed by atoms with E-state index >= 15 is 0 Å². The van der Waals surface area contributed by atoms with E-state index in [0.29, 0.717) is 17.2 Å². The van der Waals surface area contributed by atoms with Crippen LogP contribution in [0.1, 0.15) is 64.2 Å². The number of rotatable bonds is 1. The van der Waals surface area contributed by atoms with Gasteiger partial charge in [0, 0.05) is 17.1 Å². The number of nitrogens with zero attached hydrogens (tertiary/aromatic N) is 1. The van der Waals surface area contributed by atoms with Crippen molar-refractivity contribution < 1.29 is 14.3 Å². The van der Waals surface area contributed by atoms with E-state index in [1.165, 1.54) is 17.7 Å². The molecular formula is C19H26BrNO3. The summed E-state index contributed by atoms with van der Waals surface area (Å²) in [5, 5.41) is 0. The van der Waals surface area contributed by atoms with Crippen molar-refractivity contribution in [2.24, 2.45) is 11.8 Å². The monoisotopic (exact) mass is 395 g/mol. The molecule has 0 bridgehead atoms. The normalized spacial score (nSPS) is 36.7. The van der Waals surface area contributed by atoms with Crippen molar-refractivity contribution in [1.29, 1.82) is 0 Å². The SMILES string of the molecule is O=C1OC2CCC(Br)CC2CC1C(=O)N1CCCC2=C1CCCC2. The Morgan fingerprint density at radius 3 is 2.75 bits per heavy atom. The lowest BCUT2D eigenvalue weighted by Crippen LogP contribution is -2.49. The molecule has 5 heteroatoms. The molecule has 4 atom stereocenters. The Bertz CT molecular complexity index is 569. The molecule has 0 N–H and O–H groups in total. The molecule has 1 saturated carbocycles. The van der Waals surface area contributed by atoms with Crippen molar-refractivity contribution in [3.05, 3.63) is 11.3 Å². The lowest BCUT2D eigenvalue weighted by Gasteiger charge is -2.42. The van der Waals surface area contributed by atoms with Gasteiger partial charge in [0.05, 0.1) is 0 Å². The third kappa shape index (κ3) is 3.04. The van der Waals surface area contributed by atoms with Gasteiger partial charge < -0.3 is 9.64 Å². The summed E-state index contributed by atoms with van der Waals surface area (Å²) in [5.74, 6) is -0.528. The van der Waals surface area contributed by atoms with Crippen molar-refractivity contribution >= 4 is 27.8 Å². The fraction of sp³-hybridized carbons (Fsp3) is 0.789. The van der Waals surface area contributed by atoms with Crippen LogP contribution in [0.3, 0.4) is 0 Å². The van der Waals surface area contributed by atoms with Crippen molar-refractivity contribution in [3.8, 4) is 0 Å². The third-order valence-electron chi connectivity index (χ3n) is 6.24. The molecule has 0 aromatic carbocycles. The van der Waals surface area contributed by atoms with Crippen molar-refractivity contribution in [3.63, 3.8) is 0 Å². The topological polar surface area (TPSA) is 46.6 Å². The number of hydrogen-bond acceptors (Lipinski definition) is 3. The van der Waals surface area contributed by atoms with Gasteiger partial charge in [0.25, 0.3) is 0 Å². The van der Waals surface area contributed by atoms with E-state index in [1.54, 1.807) is 0 Å². The number of fused-ring (bicyclic) bond motifs is 1. The summed E-state index contributed by atoms with van der Waals surface area (Å²) < 4.78 is 5.68. The van der Waals surface area contributed by atoms with Crippen LogP contribution in [0, 0.1) is 11.8 Å². The van der Waals surface area contributed by atoms with Gasteiger partial charge in [-0.3, -0.25) is 9.59 Å². The van der Waals surface area contributed by atoms with Gasteiger partial charge in [-0.25, -0.2) is 0 Å². The number of hydrogen-bond donors (Lipinski definition) is 0. The summed E-state index contributed by atoms with van der Waals surface area (Å²) in [6, 6.07) is 0. The van der Waals surface area contributed by atoms with Crippen molar-refractivity contribution in [1.82, 2.24) is 4.90 Å². The number of ether oxygens (including phenoxy) is 1. The average molecular weight is 396 g/mol. The minimum absolute atomic E-state index is 0.00393. The van der Waals surface area contributed by atoms with Gasteiger partial charge in [-0.1, -0.05) is 21.5 Å². The number of carbonyl (C=O) groups is 2. The molecule has 0 aromatic heterocycles. The van der Waals surface area contributed by atoms with E-state index in [4.69, 9.17) is 4.74 Å². The molecule has 4 nitrogen and oxygen atoms in total. The van der Waals surface area contributed by atoms with Crippen molar-refractivity contribution in [2.75, 3.05) is 6.54 Å². The molecule has 132 valence electrons. The van der Waals surface area contributed by atoms with E-state index in [-0.39, 0.29) is 18.0 Å². The minimum atomic E-state index is -0.585. The molecule has 4 unspecified atom stereocenters. The largest absolute Gasteiger partial charge is 0.461 e. The Morgan fingerprint density at radius 2 is 1.88 bits per heavy atom. The molecule has 4 rings (SSSR count). The van der Waals surface area contributed by atoms with Gasteiger partial charge in [0.2, 0.25) is 5.91 Å². The zero-order valence-electron chi connectivity index (χ0n) is 14.1. The molecule has 4 aliphatic rings. The Morgan fingerprint density at radius 1 is 1.08 bits per heavy atom. The Balaban J connectivity index is 1.52. The van der Waals surface area contributed by atoms with Crippen LogP contribution in [0.2, 0.25) is 0 Å². The summed E-state index contributed by atoms with van der Waals surface area (Å²) in [7, 11) is 0. The van der Waals surface area contributed by atoms with Gasteiger partial charge in [-0.15, -0.1) is 0 Å². The second-order valence-corrected chi connectivity index (χ2v) is 9.08. The maximum atomic E-state index is 13.2. The number of allylic oxidation sites excluding steroid dienone is 2. The first-order valence-corrected chi connectivity index (χ1v) is 10.4. The zero-order valence-corrected chi connectivity index (χ0v) is 15.7. The smallest absolute Gasteiger partial charge is 0.318 e. The van der Waals surface area contributed by atoms with Crippen LogP contribution < -0.4 is 0 Å². The maximum absolute atomic E-state index is 13.2. The van der Waals surface area contributed by atoms with Crippen LogP contribution in [0.25, 0.3) is 0 Å². The molecule has 1 saturated heterocycles. The molecule has 2 heterocycles. The van der Waals surface area contributed by atoms with Gasteiger partial charge in [-0.05, 0) is 70.1 Å². The maximum Gasteiger partial charge on any atom is 0.318 e. The summed E-state index contributed by atoms with van der Waals surface area (Å²) in [4.78, 5) is 28.1. The molecule has 0 radical (unpaired) electrons. The average Bonchev–Trinajstić information content (AvgIpc) is 2.60. The second-order valence-electron chi connectivity index (χ2n) is 7.78. The van der Waals surface area contributed by atoms with Crippen LogP contribution in [0.4, 0.5) is 0 Å². The fourth-order valence-electron chi connectivity index (χ4n) is 4.98. The van der Waals surface area contributed by atoms with E-state index < -0.39 is 5.92 Å². The summed E-state index contributed by atoms with van der Waals surface area (Å²) in [6.07, 6.45) is 10.4. The molecule has 0 spiro atoms. The predicted octanol–water partition coefficient (Wildman–Crippen LogP) is 3.93.